The van der Waals surface area contributed by atoms with Gasteiger partial charge in [-0.05, 0) is 60.1 Å². The summed E-state index contributed by atoms with van der Waals surface area (Å²) < 4.78 is 23.6. The van der Waals surface area contributed by atoms with Crippen molar-refractivity contribution in [2.45, 2.75) is 20.0 Å². The van der Waals surface area contributed by atoms with E-state index >= 15 is 0 Å². The van der Waals surface area contributed by atoms with Crippen molar-refractivity contribution in [1.82, 2.24) is 0 Å². The van der Waals surface area contributed by atoms with Gasteiger partial charge < -0.3 is 14.8 Å². The van der Waals surface area contributed by atoms with E-state index in [1.165, 1.54) is 25.1 Å². The Balaban J connectivity index is 1.82. The van der Waals surface area contributed by atoms with Crippen LogP contribution < -0.4 is 10.1 Å². The molecule has 5 nitrogen and oxygen atoms in total. The first kappa shape index (κ1) is 18.9. The zero-order valence-corrected chi connectivity index (χ0v) is 15.3. The lowest BCUT2D eigenvalue weighted by Gasteiger charge is -2.14. The molecule has 2 aromatic rings. The van der Waals surface area contributed by atoms with E-state index in [4.69, 9.17) is 9.47 Å². The molecule has 0 unspecified atom stereocenters. The van der Waals surface area contributed by atoms with Crippen LogP contribution in [0.15, 0.2) is 46.9 Å². The number of rotatable bonds is 6. The molecule has 1 amide bonds. The number of hydrogen-bond acceptors (Lipinski definition) is 4. The highest BCUT2D eigenvalue weighted by atomic mass is 79.9. The van der Waals surface area contributed by atoms with E-state index in [-0.39, 0.29) is 0 Å². The van der Waals surface area contributed by atoms with Gasteiger partial charge in [-0.2, -0.15) is 0 Å². The van der Waals surface area contributed by atoms with Crippen molar-refractivity contribution in [2.24, 2.45) is 0 Å². The fraction of sp³-hybridized carbons (Fsp3) is 0.222. The van der Waals surface area contributed by atoms with Crippen LogP contribution in [0.1, 0.15) is 12.5 Å². The zero-order chi connectivity index (χ0) is 18.4. The molecule has 2 aromatic carbocycles. The number of carbonyl (C=O) groups excluding carboxylic acids is 2. The maximum Gasteiger partial charge on any atom is 0.344 e. The lowest BCUT2D eigenvalue weighted by atomic mass is 10.2. The molecular weight excluding hydrogens is 393 g/mol. The minimum atomic E-state index is -0.978. The van der Waals surface area contributed by atoms with E-state index in [1.807, 2.05) is 19.1 Å². The summed E-state index contributed by atoms with van der Waals surface area (Å²) in [6.07, 6.45) is -0.978. The van der Waals surface area contributed by atoms with E-state index in [0.717, 1.165) is 5.56 Å². The van der Waals surface area contributed by atoms with Gasteiger partial charge in [0.2, 0.25) is 0 Å². The molecule has 0 saturated carbocycles. The molecule has 0 bridgehead atoms. The summed E-state index contributed by atoms with van der Waals surface area (Å²) in [6, 6.07) is 11.1. The standard InChI is InChI=1S/C18H17BrFNO4/c1-11-3-6-14(7-4-11)21-18(23)12(2)25-17(22)10-24-16-8-5-13(20)9-15(16)19/h3-9,12H,10H2,1-2H3,(H,21,23)/t12-/m1/s1. The predicted octanol–water partition coefficient (Wildman–Crippen LogP) is 3.85. The quantitative estimate of drug-likeness (QED) is 0.735. The maximum absolute atomic E-state index is 13.0. The summed E-state index contributed by atoms with van der Waals surface area (Å²) in [5.41, 5.74) is 1.69. The van der Waals surface area contributed by atoms with Gasteiger partial charge >= 0.3 is 5.97 Å². The highest BCUT2D eigenvalue weighted by Gasteiger charge is 2.18. The number of amides is 1. The van der Waals surface area contributed by atoms with Crippen LogP contribution in [0.4, 0.5) is 10.1 Å². The third-order valence-electron chi connectivity index (χ3n) is 3.24. The number of carbonyl (C=O) groups is 2. The average Bonchev–Trinajstić information content (AvgIpc) is 2.56. The number of hydrogen-bond donors (Lipinski definition) is 1. The van der Waals surface area contributed by atoms with Crippen LogP contribution in [0.2, 0.25) is 0 Å². The molecule has 1 atom stereocenters. The largest absolute Gasteiger partial charge is 0.481 e. The van der Waals surface area contributed by atoms with Crippen molar-refractivity contribution in [1.29, 1.82) is 0 Å². The van der Waals surface area contributed by atoms with Gasteiger partial charge in [0.1, 0.15) is 11.6 Å². The number of ether oxygens (including phenoxy) is 2. The number of esters is 1. The van der Waals surface area contributed by atoms with Crippen LogP contribution in [0.5, 0.6) is 5.75 Å². The second-order valence-corrected chi connectivity index (χ2v) is 6.21. The normalized spacial score (nSPS) is 11.5. The van der Waals surface area contributed by atoms with Gasteiger partial charge in [0, 0.05) is 5.69 Å². The lowest BCUT2D eigenvalue weighted by molar-refractivity contribution is -0.155. The predicted molar refractivity (Wildman–Crippen MR) is 95.0 cm³/mol. The molecule has 132 valence electrons. The number of nitrogens with one attached hydrogen (secondary N) is 1. The van der Waals surface area contributed by atoms with Crippen molar-refractivity contribution in [3.05, 3.63) is 58.3 Å². The van der Waals surface area contributed by atoms with E-state index in [0.29, 0.717) is 15.9 Å². The summed E-state index contributed by atoms with van der Waals surface area (Å²) in [5, 5.41) is 2.66. The van der Waals surface area contributed by atoms with Crippen molar-refractivity contribution in [3.63, 3.8) is 0 Å². The third kappa shape index (κ3) is 5.86. The fourth-order valence-electron chi connectivity index (χ4n) is 1.89. The van der Waals surface area contributed by atoms with Gasteiger partial charge in [-0.1, -0.05) is 17.7 Å². The summed E-state index contributed by atoms with van der Waals surface area (Å²) in [7, 11) is 0. The van der Waals surface area contributed by atoms with Gasteiger partial charge in [0.15, 0.2) is 12.7 Å². The zero-order valence-electron chi connectivity index (χ0n) is 13.7. The van der Waals surface area contributed by atoms with Crippen molar-refractivity contribution in [2.75, 3.05) is 11.9 Å². The van der Waals surface area contributed by atoms with E-state index in [2.05, 4.69) is 21.2 Å². The van der Waals surface area contributed by atoms with Crippen LogP contribution in [0.3, 0.4) is 0 Å². The molecule has 0 radical (unpaired) electrons. The molecule has 7 heteroatoms. The minimum Gasteiger partial charge on any atom is -0.481 e. The van der Waals surface area contributed by atoms with Crippen LogP contribution in [0, 0.1) is 12.7 Å². The number of aryl methyl sites for hydroxylation is 1. The average molecular weight is 410 g/mol. The number of anilines is 1. The Bertz CT molecular complexity index is 764. The van der Waals surface area contributed by atoms with Gasteiger partial charge in [0.25, 0.3) is 5.91 Å². The fourth-order valence-corrected chi connectivity index (χ4v) is 2.36. The minimum absolute atomic E-state index is 0.301. The van der Waals surface area contributed by atoms with E-state index in [1.54, 1.807) is 12.1 Å². The highest BCUT2D eigenvalue weighted by Crippen LogP contribution is 2.25. The van der Waals surface area contributed by atoms with Gasteiger partial charge in [-0.15, -0.1) is 0 Å². The molecule has 0 saturated heterocycles. The Labute approximate surface area is 153 Å². The molecule has 2 rings (SSSR count). The summed E-state index contributed by atoms with van der Waals surface area (Å²) in [6.45, 7) is 3.01. The molecule has 0 aliphatic rings. The maximum atomic E-state index is 13.0. The lowest BCUT2D eigenvalue weighted by Crippen LogP contribution is -2.31. The summed E-state index contributed by atoms with van der Waals surface area (Å²) in [5.74, 6) is -1.28. The van der Waals surface area contributed by atoms with Crippen LogP contribution in [-0.4, -0.2) is 24.6 Å². The first-order valence-electron chi connectivity index (χ1n) is 7.50. The molecular formula is C18H17BrFNO4. The van der Waals surface area contributed by atoms with Crippen LogP contribution in [-0.2, 0) is 14.3 Å². The second kappa shape index (κ2) is 8.62. The smallest absolute Gasteiger partial charge is 0.344 e. The molecule has 0 aliphatic carbocycles. The van der Waals surface area contributed by atoms with E-state index in [9.17, 15) is 14.0 Å². The topological polar surface area (TPSA) is 64.6 Å². The SMILES string of the molecule is Cc1ccc(NC(=O)[C@@H](C)OC(=O)COc2ccc(F)cc2Br)cc1. The molecule has 0 aromatic heterocycles. The molecule has 0 aliphatic heterocycles. The van der Waals surface area contributed by atoms with Crippen LogP contribution in [0.25, 0.3) is 0 Å². The molecule has 25 heavy (non-hydrogen) atoms. The van der Waals surface area contributed by atoms with E-state index < -0.39 is 30.4 Å². The van der Waals surface area contributed by atoms with Crippen LogP contribution >= 0.6 is 15.9 Å². The summed E-state index contributed by atoms with van der Waals surface area (Å²) >= 11 is 3.13. The Morgan fingerprint density at radius 1 is 1.20 bits per heavy atom. The molecule has 1 N–H and O–H groups in total. The van der Waals surface area contributed by atoms with Gasteiger partial charge in [-0.25, -0.2) is 9.18 Å². The number of halogens is 2. The first-order valence-corrected chi connectivity index (χ1v) is 8.29. The monoisotopic (exact) mass is 409 g/mol. The summed E-state index contributed by atoms with van der Waals surface area (Å²) in [4.78, 5) is 23.8. The molecule has 0 fully saturated rings. The first-order chi connectivity index (χ1) is 11.8. The van der Waals surface area contributed by atoms with Crippen molar-refractivity contribution < 1.29 is 23.5 Å². The van der Waals surface area contributed by atoms with Gasteiger partial charge in [0.05, 0.1) is 4.47 Å². The third-order valence-corrected chi connectivity index (χ3v) is 3.86. The Morgan fingerprint density at radius 2 is 1.88 bits per heavy atom. The molecule has 0 heterocycles. The van der Waals surface area contributed by atoms with Gasteiger partial charge in [-0.3, -0.25) is 4.79 Å². The van der Waals surface area contributed by atoms with Crippen molar-refractivity contribution in [3.8, 4) is 5.75 Å². The second-order valence-electron chi connectivity index (χ2n) is 5.35. The van der Waals surface area contributed by atoms with Crippen molar-refractivity contribution >= 4 is 33.5 Å². The molecule has 0 spiro atoms. The highest BCUT2D eigenvalue weighted by molar-refractivity contribution is 9.10. The Hall–Kier alpha value is -2.41. The number of benzene rings is 2. The Kier molecular flexibility index (Phi) is 6.52. The Morgan fingerprint density at radius 3 is 2.52 bits per heavy atom.